The van der Waals surface area contributed by atoms with Crippen molar-refractivity contribution in [3.8, 4) is 0 Å². The molecule has 0 aliphatic carbocycles. The van der Waals surface area contributed by atoms with Crippen LogP contribution in [0.1, 0.15) is 22.3 Å². The van der Waals surface area contributed by atoms with Gasteiger partial charge in [0.1, 0.15) is 0 Å². The Balaban J connectivity index is 0.00000121. The van der Waals surface area contributed by atoms with Crippen molar-refractivity contribution in [2.75, 3.05) is 11.4 Å². The zero-order valence-electron chi connectivity index (χ0n) is 11.2. The summed E-state index contributed by atoms with van der Waals surface area (Å²) >= 11 is 0. The van der Waals surface area contributed by atoms with Gasteiger partial charge in [0.2, 0.25) is 0 Å². The van der Waals surface area contributed by atoms with E-state index >= 15 is 0 Å². The number of para-hydroxylation sites is 1. The fraction of sp³-hybridized carbons (Fsp3) is 0.176. The van der Waals surface area contributed by atoms with Crippen LogP contribution in [0.4, 0.5) is 11.4 Å². The number of rotatable bonds is 1. The van der Waals surface area contributed by atoms with Crippen molar-refractivity contribution in [2.24, 2.45) is 5.73 Å². The van der Waals surface area contributed by atoms with Crippen LogP contribution >= 0.6 is 12.4 Å². The van der Waals surface area contributed by atoms with Gasteiger partial charge in [-0.05, 0) is 40.8 Å². The summed E-state index contributed by atoms with van der Waals surface area (Å²) in [5.41, 5.74) is 13.7. The van der Waals surface area contributed by atoms with E-state index in [2.05, 4.69) is 53.5 Å². The second-order valence-electron chi connectivity index (χ2n) is 5.19. The summed E-state index contributed by atoms with van der Waals surface area (Å²) in [7, 11) is 0. The van der Waals surface area contributed by atoms with Gasteiger partial charge < -0.3 is 10.6 Å². The van der Waals surface area contributed by atoms with Gasteiger partial charge in [-0.15, -0.1) is 12.4 Å². The predicted octanol–water partition coefficient (Wildman–Crippen LogP) is 3.75. The molecule has 0 fully saturated rings. The summed E-state index contributed by atoms with van der Waals surface area (Å²) in [5, 5.41) is 0. The van der Waals surface area contributed by atoms with Crippen LogP contribution in [-0.2, 0) is 13.0 Å². The average molecular weight is 285 g/mol. The molecule has 102 valence electrons. The second kappa shape index (κ2) is 4.97. The Labute approximate surface area is 125 Å². The molecule has 0 saturated carbocycles. The number of benzene rings is 2. The third kappa shape index (κ3) is 1.84. The standard InChI is InChI=1S/C17H16N2.ClH/c18-11-12-4-7-16-15(10-12)6-5-13-2-1-3-14-8-9-19(16)17(13)14;/h1-7,10H,8-9,11,18H2;1H. The molecule has 0 aromatic heterocycles. The van der Waals surface area contributed by atoms with Crippen molar-refractivity contribution in [2.45, 2.75) is 13.0 Å². The second-order valence-corrected chi connectivity index (χ2v) is 5.19. The van der Waals surface area contributed by atoms with Gasteiger partial charge in [-0.2, -0.15) is 0 Å². The largest absolute Gasteiger partial charge is 0.340 e. The van der Waals surface area contributed by atoms with E-state index < -0.39 is 0 Å². The molecule has 2 N–H and O–H groups in total. The third-order valence-electron chi connectivity index (χ3n) is 4.09. The van der Waals surface area contributed by atoms with E-state index in [0.29, 0.717) is 6.54 Å². The first-order chi connectivity index (χ1) is 9.36. The third-order valence-corrected chi connectivity index (χ3v) is 4.09. The van der Waals surface area contributed by atoms with E-state index in [1.807, 2.05) is 0 Å². The summed E-state index contributed by atoms with van der Waals surface area (Å²) in [5.74, 6) is 0. The van der Waals surface area contributed by atoms with Crippen LogP contribution in [0.2, 0.25) is 0 Å². The fourth-order valence-corrected chi connectivity index (χ4v) is 3.15. The number of nitrogens with zero attached hydrogens (tertiary/aromatic N) is 1. The lowest BCUT2D eigenvalue weighted by Gasteiger charge is -2.22. The van der Waals surface area contributed by atoms with Crippen LogP contribution in [0, 0.1) is 0 Å². The molecule has 0 unspecified atom stereocenters. The van der Waals surface area contributed by atoms with Crippen molar-refractivity contribution in [1.82, 2.24) is 0 Å². The average Bonchev–Trinajstić information content (AvgIpc) is 2.81. The van der Waals surface area contributed by atoms with Crippen LogP contribution in [0.15, 0.2) is 36.4 Å². The molecular weight excluding hydrogens is 268 g/mol. The number of nitrogens with two attached hydrogens (primary N) is 1. The molecule has 20 heavy (non-hydrogen) atoms. The van der Waals surface area contributed by atoms with Crippen LogP contribution in [-0.4, -0.2) is 6.54 Å². The van der Waals surface area contributed by atoms with Crippen molar-refractivity contribution in [3.05, 3.63) is 58.7 Å². The fourth-order valence-electron chi connectivity index (χ4n) is 3.15. The Morgan fingerprint density at radius 3 is 2.75 bits per heavy atom. The number of halogens is 1. The van der Waals surface area contributed by atoms with Gasteiger partial charge in [-0.1, -0.05) is 36.4 Å². The highest BCUT2D eigenvalue weighted by Crippen LogP contribution is 2.42. The van der Waals surface area contributed by atoms with Crippen LogP contribution in [0.3, 0.4) is 0 Å². The maximum Gasteiger partial charge on any atom is 0.0517 e. The molecule has 3 heteroatoms. The molecule has 0 bridgehead atoms. The van der Waals surface area contributed by atoms with Crippen LogP contribution in [0.25, 0.3) is 12.2 Å². The van der Waals surface area contributed by atoms with E-state index in [-0.39, 0.29) is 12.4 Å². The lowest BCUT2D eigenvalue weighted by atomic mass is 10.1. The summed E-state index contributed by atoms with van der Waals surface area (Å²) in [6.07, 6.45) is 5.57. The van der Waals surface area contributed by atoms with Gasteiger partial charge in [0.05, 0.1) is 5.69 Å². The molecule has 0 saturated heterocycles. The summed E-state index contributed by atoms with van der Waals surface area (Å²) in [6.45, 7) is 1.67. The Bertz CT molecular complexity index is 691. The van der Waals surface area contributed by atoms with Gasteiger partial charge in [-0.25, -0.2) is 0 Å². The maximum atomic E-state index is 5.75. The summed E-state index contributed by atoms with van der Waals surface area (Å²) in [6, 6.07) is 13.1. The SMILES string of the molecule is Cl.NCc1ccc2c(c1)C=Cc1cccc3c1N2CC3. The smallest absolute Gasteiger partial charge is 0.0517 e. The van der Waals surface area contributed by atoms with Gasteiger partial charge in [0.25, 0.3) is 0 Å². The minimum atomic E-state index is 0. The lowest BCUT2D eigenvalue weighted by Crippen LogP contribution is -2.14. The highest BCUT2D eigenvalue weighted by atomic mass is 35.5. The summed E-state index contributed by atoms with van der Waals surface area (Å²) < 4.78 is 0. The van der Waals surface area contributed by atoms with Crippen LogP contribution < -0.4 is 10.6 Å². The molecule has 2 nitrogen and oxygen atoms in total. The van der Waals surface area contributed by atoms with E-state index in [0.717, 1.165) is 13.0 Å². The maximum absolute atomic E-state index is 5.75. The molecule has 2 aliphatic heterocycles. The highest BCUT2D eigenvalue weighted by molar-refractivity contribution is 5.91. The van der Waals surface area contributed by atoms with Gasteiger partial charge in [0.15, 0.2) is 0 Å². The van der Waals surface area contributed by atoms with Crippen molar-refractivity contribution in [3.63, 3.8) is 0 Å². The number of anilines is 2. The molecule has 2 aromatic carbocycles. The number of hydrogen-bond acceptors (Lipinski definition) is 2. The molecule has 2 aliphatic rings. The van der Waals surface area contributed by atoms with Gasteiger partial charge in [-0.3, -0.25) is 0 Å². The van der Waals surface area contributed by atoms with E-state index in [1.54, 1.807) is 0 Å². The predicted molar refractivity (Wildman–Crippen MR) is 87.7 cm³/mol. The Hall–Kier alpha value is -1.77. The molecular formula is C17H17ClN2. The first-order valence-corrected chi connectivity index (χ1v) is 6.77. The molecule has 4 rings (SSSR count). The highest BCUT2D eigenvalue weighted by Gasteiger charge is 2.25. The minimum Gasteiger partial charge on any atom is -0.340 e. The molecule has 0 amide bonds. The molecule has 0 radical (unpaired) electrons. The van der Waals surface area contributed by atoms with Crippen molar-refractivity contribution >= 4 is 35.9 Å². The monoisotopic (exact) mass is 284 g/mol. The quantitative estimate of drug-likeness (QED) is 0.864. The Kier molecular flexibility index (Phi) is 3.28. The van der Waals surface area contributed by atoms with Crippen molar-refractivity contribution < 1.29 is 0 Å². The molecule has 2 heterocycles. The number of hydrogen-bond donors (Lipinski definition) is 1. The first kappa shape index (κ1) is 13.2. The lowest BCUT2D eigenvalue weighted by molar-refractivity contribution is 0.993. The first-order valence-electron chi connectivity index (χ1n) is 6.77. The number of fused-ring (bicyclic) bond motifs is 2. The van der Waals surface area contributed by atoms with Gasteiger partial charge in [0, 0.05) is 18.8 Å². The molecule has 0 spiro atoms. The molecule has 0 atom stereocenters. The topological polar surface area (TPSA) is 29.3 Å². The Morgan fingerprint density at radius 2 is 1.90 bits per heavy atom. The molecule has 2 aromatic rings. The van der Waals surface area contributed by atoms with E-state index in [9.17, 15) is 0 Å². The normalized spacial score (nSPS) is 14.3. The van der Waals surface area contributed by atoms with Crippen molar-refractivity contribution in [1.29, 1.82) is 0 Å². The Morgan fingerprint density at radius 1 is 1.05 bits per heavy atom. The zero-order valence-corrected chi connectivity index (χ0v) is 12.0. The van der Waals surface area contributed by atoms with E-state index in [4.69, 9.17) is 5.73 Å². The zero-order chi connectivity index (χ0) is 12.8. The van der Waals surface area contributed by atoms with E-state index in [1.165, 1.54) is 33.6 Å². The van der Waals surface area contributed by atoms with Crippen LogP contribution in [0.5, 0.6) is 0 Å². The van der Waals surface area contributed by atoms with Gasteiger partial charge >= 0.3 is 0 Å². The minimum absolute atomic E-state index is 0. The summed E-state index contributed by atoms with van der Waals surface area (Å²) in [4.78, 5) is 2.44.